The summed E-state index contributed by atoms with van der Waals surface area (Å²) in [7, 11) is -3.26. The van der Waals surface area contributed by atoms with E-state index in [0.717, 1.165) is 5.69 Å². The highest BCUT2D eigenvalue weighted by Gasteiger charge is 2.18. The summed E-state index contributed by atoms with van der Waals surface area (Å²) < 4.78 is 31.7. The van der Waals surface area contributed by atoms with Crippen molar-refractivity contribution in [2.45, 2.75) is 38.5 Å². The summed E-state index contributed by atoms with van der Waals surface area (Å²) in [5, 5.41) is 4.12. The molecule has 1 aromatic heterocycles. The Kier molecular flexibility index (Phi) is 5.54. The van der Waals surface area contributed by atoms with E-state index in [0.29, 0.717) is 18.9 Å². The van der Waals surface area contributed by atoms with E-state index < -0.39 is 9.84 Å². The number of para-hydroxylation sites is 1. The Bertz CT molecular complexity index is 719. The predicted octanol–water partition coefficient (Wildman–Crippen LogP) is 2.39. The van der Waals surface area contributed by atoms with Gasteiger partial charge in [-0.1, -0.05) is 18.2 Å². The van der Waals surface area contributed by atoms with E-state index in [1.807, 2.05) is 51.1 Å². The molecule has 0 bridgehead atoms. The molecule has 1 aromatic carbocycles. The molecule has 1 heterocycles. The van der Waals surface area contributed by atoms with Crippen molar-refractivity contribution in [1.82, 2.24) is 14.8 Å². The fourth-order valence-corrected chi connectivity index (χ4v) is 3.37. The predicted molar refractivity (Wildman–Crippen MR) is 89.2 cm³/mol. The highest BCUT2D eigenvalue weighted by atomic mass is 32.2. The van der Waals surface area contributed by atoms with E-state index >= 15 is 0 Å². The zero-order valence-electron chi connectivity index (χ0n) is 13.8. The fourth-order valence-electron chi connectivity index (χ4n) is 2.07. The Morgan fingerprint density at radius 2 is 1.87 bits per heavy atom. The summed E-state index contributed by atoms with van der Waals surface area (Å²) in [6.07, 6.45) is 1.85. The highest BCUT2D eigenvalue weighted by Crippen LogP contribution is 2.12. The topological polar surface area (TPSA) is 74.1 Å². The maximum Gasteiger partial charge on any atom is 0.157 e. The van der Waals surface area contributed by atoms with E-state index in [4.69, 9.17) is 4.74 Å². The van der Waals surface area contributed by atoms with Crippen LogP contribution in [0.15, 0.2) is 36.7 Å². The summed E-state index contributed by atoms with van der Waals surface area (Å²) in [6, 6.07) is 9.37. The largest absolute Gasteiger partial charge is 0.376 e. The molecule has 2 rings (SSSR count). The van der Waals surface area contributed by atoms with Gasteiger partial charge >= 0.3 is 0 Å². The lowest BCUT2D eigenvalue weighted by Crippen LogP contribution is -2.21. The first-order chi connectivity index (χ1) is 10.8. The molecule has 0 aliphatic rings. The van der Waals surface area contributed by atoms with Crippen molar-refractivity contribution in [2.24, 2.45) is 0 Å². The smallest absolute Gasteiger partial charge is 0.157 e. The van der Waals surface area contributed by atoms with Crippen LogP contribution in [0.3, 0.4) is 0 Å². The SMILES string of the molecule is CC(C)(C)OCCCS(=O)(=O)Cc1ncnn1-c1ccccc1. The normalized spacial score (nSPS) is 12.5. The molecule has 0 saturated heterocycles. The highest BCUT2D eigenvalue weighted by molar-refractivity contribution is 7.90. The number of rotatable bonds is 7. The lowest BCUT2D eigenvalue weighted by Gasteiger charge is -2.19. The Balaban J connectivity index is 1.98. The zero-order valence-corrected chi connectivity index (χ0v) is 14.6. The molecule has 0 saturated carbocycles. The number of hydrogen-bond acceptors (Lipinski definition) is 5. The average molecular weight is 337 g/mol. The second-order valence-electron chi connectivity index (χ2n) is 6.33. The lowest BCUT2D eigenvalue weighted by molar-refractivity contribution is -0.00212. The molecule has 126 valence electrons. The van der Waals surface area contributed by atoms with Gasteiger partial charge in [0.2, 0.25) is 0 Å². The van der Waals surface area contributed by atoms with Gasteiger partial charge in [0.1, 0.15) is 17.9 Å². The van der Waals surface area contributed by atoms with Gasteiger partial charge in [0.05, 0.1) is 17.0 Å². The van der Waals surface area contributed by atoms with Crippen LogP contribution in [0.1, 0.15) is 33.0 Å². The molecule has 0 spiro atoms. The van der Waals surface area contributed by atoms with Gasteiger partial charge in [-0.25, -0.2) is 18.1 Å². The number of nitrogens with zero attached hydrogens (tertiary/aromatic N) is 3. The van der Waals surface area contributed by atoms with Crippen LogP contribution in [0.4, 0.5) is 0 Å². The van der Waals surface area contributed by atoms with E-state index in [9.17, 15) is 8.42 Å². The van der Waals surface area contributed by atoms with Crippen molar-refractivity contribution in [3.05, 3.63) is 42.5 Å². The standard InChI is InChI=1S/C16H23N3O3S/c1-16(2,3)22-10-7-11-23(20,21)12-15-17-13-18-19(15)14-8-5-4-6-9-14/h4-6,8-9,13H,7,10-12H2,1-3H3. The molecule has 0 unspecified atom stereocenters. The molecule has 0 atom stereocenters. The van der Waals surface area contributed by atoms with Crippen molar-refractivity contribution in [1.29, 1.82) is 0 Å². The summed E-state index contributed by atoms with van der Waals surface area (Å²) in [5.74, 6) is 0.371. The molecular weight excluding hydrogens is 314 g/mol. The van der Waals surface area contributed by atoms with Crippen molar-refractivity contribution >= 4 is 9.84 Å². The molecule has 0 radical (unpaired) electrons. The van der Waals surface area contributed by atoms with Crippen LogP contribution >= 0.6 is 0 Å². The Morgan fingerprint density at radius 3 is 2.52 bits per heavy atom. The van der Waals surface area contributed by atoms with Gasteiger partial charge in [-0.05, 0) is 39.3 Å². The van der Waals surface area contributed by atoms with Crippen LogP contribution in [-0.2, 0) is 20.3 Å². The van der Waals surface area contributed by atoms with Crippen LogP contribution < -0.4 is 0 Å². The molecule has 0 fully saturated rings. The quantitative estimate of drug-likeness (QED) is 0.725. The Hall–Kier alpha value is -1.73. The van der Waals surface area contributed by atoms with E-state index in [1.165, 1.54) is 6.33 Å². The van der Waals surface area contributed by atoms with Gasteiger partial charge in [-0.2, -0.15) is 5.10 Å². The van der Waals surface area contributed by atoms with Gasteiger partial charge < -0.3 is 4.74 Å². The van der Waals surface area contributed by atoms with Crippen LogP contribution in [0.25, 0.3) is 5.69 Å². The minimum atomic E-state index is -3.26. The zero-order chi connectivity index (χ0) is 16.9. The minimum absolute atomic E-state index is 0.0741. The first-order valence-corrected chi connectivity index (χ1v) is 9.38. The van der Waals surface area contributed by atoms with Gasteiger partial charge in [0, 0.05) is 6.61 Å². The van der Waals surface area contributed by atoms with Crippen LogP contribution in [0, 0.1) is 0 Å². The maximum absolute atomic E-state index is 12.3. The number of ether oxygens (including phenoxy) is 1. The average Bonchev–Trinajstić information content (AvgIpc) is 2.91. The number of sulfone groups is 1. The van der Waals surface area contributed by atoms with Gasteiger partial charge in [-0.3, -0.25) is 0 Å². The summed E-state index contributed by atoms with van der Waals surface area (Å²) >= 11 is 0. The molecule has 0 N–H and O–H groups in total. The molecule has 2 aromatic rings. The third-order valence-corrected chi connectivity index (χ3v) is 4.71. The lowest BCUT2D eigenvalue weighted by atomic mass is 10.2. The summed E-state index contributed by atoms with van der Waals surface area (Å²) in [5.41, 5.74) is 0.545. The molecule has 0 aliphatic carbocycles. The summed E-state index contributed by atoms with van der Waals surface area (Å²) in [4.78, 5) is 4.09. The van der Waals surface area contributed by atoms with Crippen LogP contribution in [0.2, 0.25) is 0 Å². The van der Waals surface area contributed by atoms with E-state index in [1.54, 1.807) is 4.68 Å². The number of benzene rings is 1. The third-order valence-electron chi connectivity index (χ3n) is 3.10. The van der Waals surface area contributed by atoms with Crippen LogP contribution in [0.5, 0.6) is 0 Å². The monoisotopic (exact) mass is 337 g/mol. The second kappa shape index (κ2) is 7.23. The third kappa shape index (κ3) is 5.76. The fraction of sp³-hybridized carbons (Fsp3) is 0.500. The maximum atomic E-state index is 12.3. The molecule has 0 amide bonds. The molecular formula is C16H23N3O3S. The minimum Gasteiger partial charge on any atom is -0.376 e. The molecule has 6 nitrogen and oxygen atoms in total. The molecule has 0 aliphatic heterocycles. The van der Waals surface area contributed by atoms with Crippen LogP contribution in [-0.4, -0.2) is 41.1 Å². The van der Waals surface area contributed by atoms with Gasteiger partial charge in [-0.15, -0.1) is 0 Å². The number of hydrogen-bond donors (Lipinski definition) is 0. The Labute approximate surface area is 137 Å². The molecule has 23 heavy (non-hydrogen) atoms. The summed E-state index contributed by atoms with van der Waals surface area (Å²) in [6.45, 7) is 6.27. The second-order valence-corrected chi connectivity index (χ2v) is 8.51. The number of aromatic nitrogens is 3. The first-order valence-electron chi connectivity index (χ1n) is 7.55. The van der Waals surface area contributed by atoms with E-state index in [-0.39, 0.29) is 17.1 Å². The van der Waals surface area contributed by atoms with Crippen molar-refractivity contribution in [3.63, 3.8) is 0 Å². The van der Waals surface area contributed by atoms with Crippen molar-refractivity contribution in [2.75, 3.05) is 12.4 Å². The van der Waals surface area contributed by atoms with Crippen molar-refractivity contribution < 1.29 is 13.2 Å². The van der Waals surface area contributed by atoms with Gasteiger partial charge in [0.15, 0.2) is 9.84 Å². The Morgan fingerprint density at radius 1 is 1.17 bits per heavy atom. The van der Waals surface area contributed by atoms with Crippen molar-refractivity contribution in [3.8, 4) is 5.69 Å². The first kappa shape index (κ1) is 17.6. The van der Waals surface area contributed by atoms with E-state index in [2.05, 4.69) is 10.1 Å². The van der Waals surface area contributed by atoms with Gasteiger partial charge in [0.25, 0.3) is 0 Å². The molecule has 7 heteroatoms.